The molecule has 0 saturated carbocycles. The first-order valence-electron chi connectivity index (χ1n) is 7.78. The first-order valence-corrected chi connectivity index (χ1v) is 10.1. The smallest absolute Gasteiger partial charge is 0.400 e. The fourth-order valence-corrected chi connectivity index (χ4v) is 3.90. The Balaban J connectivity index is 1.91. The number of benzene rings is 3. The van der Waals surface area contributed by atoms with Crippen molar-refractivity contribution in [3.63, 3.8) is 0 Å². The lowest BCUT2D eigenvalue weighted by Gasteiger charge is -2.22. The van der Waals surface area contributed by atoms with Crippen molar-refractivity contribution in [2.75, 3.05) is 5.09 Å². The van der Waals surface area contributed by atoms with Crippen LogP contribution in [0.2, 0.25) is 10.0 Å². The van der Waals surface area contributed by atoms with E-state index in [1.807, 2.05) is 25.1 Å². The summed E-state index contributed by atoms with van der Waals surface area (Å²) >= 11 is 11.8. The Morgan fingerprint density at radius 1 is 0.769 bits per heavy atom. The van der Waals surface area contributed by atoms with Crippen LogP contribution in [0.1, 0.15) is 5.56 Å². The van der Waals surface area contributed by atoms with Gasteiger partial charge in [-0.3, -0.25) is 5.09 Å². The molecular weight excluding hydrogens is 392 g/mol. The normalized spacial score (nSPS) is 11.0. The van der Waals surface area contributed by atoms with Gasteiger partial charge >= 0.3 is 7.75 Å². The van der Waals surface area contributed by atoms with Gasteiger partial charge in [0.25, 0.3) is 0 Å². The van der Waals surface area contributed by atoms with Crippen molar-refractivity contribution in [2.45, 2.75) is 6.92 Å². The van der Waals surface area contributed by atoms with E-state index in [9.17, 15) is 4.57 Å². The van der Waals surface area contributed by atoms with Crippen LogP contribution < -0.4 is 14.1 Å². The van der Waals surface area contributed by atoms with Crippen LogP contribution in [0, 0.1) is 6.92 Å². The summed E-state index contributed by atoms with van der Waals surface area (Å²) < 4.78 is 24.8. The van der Waals surface area contributed by atoms with Gasteiger partial charge in [0.1, 0.15) is 11.5 Å². The van der Waals surface area contributed by atoms with Crippen molar-refractivity contribution >= 4 is 36.6 Å². The Morgan fingerprint density at radius 2 is 1.23 bits per heavy atom. The van der Waals surface area contributed by atoms with Gasteiger partial charge in [-0.05, 0) is 67.1 Å². The third-order valence-electron chi connectivity index (χ3n) is 3.48. The lowest BCUT2D eigenvalue weighted by Crippen LogP contribution is -2.10. The van der Waals surface area contributed by atoms with Gasteiger partial charge < -0.3 is 9.05 Å². The SMILES string of the molecule is Cc1ccccc1NP(=O)(Oc1ccc(Cl)cc1)Oc1ccc(Cl)cc1. The summed E-state index contributed by atoms with van der Waals surface area (Å²) in [6.07, 6.45) is 0. The average molecular weight is 408 g/mol. The van der Waals surface area contributed by atoms with Crippen LogP contribution in [-0.4, -0.2) is 0 Å². The third kappa shape index (κ3) is 4.95. The summed E-state index contributed by atoms with van der Waals surface area (Å²) in [6, 6.07) is 20.5. The Bertz CT molecular complexity index is 879. The number of halogens is 2. The van der Waals surface area contributed by atoms with Gasteiger partial charge in [0.2, 0.25) is 0 Å². The molecule has 7 heteroatoms. The predicted molar refractivity (Wildman–Crippen MR) is 107 cm³/mol. The zero-order valence-electron chi connectivity index (χ0n) is 13.9. The summed E-state index contributed by atoms with van der Waals surface area (Å²) in [6.45, 7) is 1.90. The van der Waals surface area contributed by atoms with Gasteiger partial charge in [-0.1, -0.05) is 41.4 Å². The Kier molecular flexibility index (Phi) is 5.77. The maximum absolute atomic E-state index is 13.4. The molecule has 0 heterocycles. The van der Waals surface area contributed by atoms with Crippen molar-refractivity contribution in [1.29, 1.82) is 0 Å². The highest BCUT2D eigenvalue weighted by atomic mass is 35.5. The molecule has 1 N–H and O–H groups in total. The molecule has 4 nitrogen and oxygen atoms in total. The first kappa shape index (κ1) is 18.7. The molecule has 0 saturated heterocycles. The summed E-state index contributed by atoms with van der Waals surface area (Å²) in [5.41, 5.74) is 1.56. The molecule has 0 spiro atoms. The van der Waals surface area contributed by atoms with Gasteiger partial charge in [0.05, 0.1) is 0 Å². The van der Waals surface area contributed by atoms with Gasteiger partial charge in [0.15, 0.2) is 0 Å². The maximum Gasteiger partial charge on any atom is 0.541 e. The fraction of sp³-hybridized carbons (Fsp3) is 0.0526. The number of anilines is 1. The van der Waals surface area contributed by atoms with Crippen LogP contribution in [0.15, 0.2) is 72.8 Å². The quantitative estimate of drug-likeness (QED) is 0.447. The summed E-state index contributed by atoms with van der Waals surface area (Å²) in [4.78, 5) is 0. The van der Waals surface area contributed by atoms with Crippen LogP contribution in [0.5, 0.6) is 11.5 Å². The molecule has 0 unspecified atom stereocenters. The van der Waals surface area contributed by atoms with Crippen LogP contribution >= 0.6 is 30.9 Å². The van der Waals surface area contributed by atoms with Gasteiger partial charge in [-0.15, -0.1) is 0 Å². The Labute approximate surface area is 162 Å². The highest BCUT2D eigenvalue weighted by molar-refractivity contribution is 7.56. The summed E-state index contributed by atoms with van der Waals surface area (Å²) in [5, 5.41) is 4.00. The van der Waals surface area contributed by atoms with E-state index in [1.54, 1.807) is 54.6 Å². The highest BCUT2D eigenvalue weighted by Crippen LogP contribution is 2.49. The van der Waals surface area contributed by atoms with Gasteiger partial charge in [0, 0.05) is 15.7 Å². The van der Waals surface area contributed by atoms with Crippen molar-refractivity contribution in [3.05, 3.63) is 88.4 Å². The number of aryl methyl sites for hydroxylation is 1. The van der Waals surface area contributed by atoms with Crippen LogP contribution in [0.25, 0.3) is 0 Å². The molecule has 0 aromatic heterocycles. The second-order valence-corrected chi connectivity index (χ2v) is 7.97. The molecule has 0 atom stereocenters. The topological polar surface area (TPSA) is 47.6 Å². The standard InChI is InChI=1S/C19H16Cl2NO3P/c1-14-4-2-3-5-19(14)22-26(23,24-17-10-6-15(20)7-11-17)25-18-12-8-16(21)9-13-18/h2-13H,1H3,(H,22,23). The molecular formula is C19H16Cl2NO3P. The molecule has 26 heavy (non-hydrogen) atoms. The van der Waals surface area contributed by atoms with Gasteiger partial charge in [-0.25, -0.2) is 4.57 Å². The molecule has 3 aromatic carbocycles. The van der Waals surface area contributed by atoms with E-state index >= 15 is 0 Å². The first-order chi connectivity index (χ1) is 12.4. The van der Waals surface area contributed by atoms with Crippen molar-refractivity contribution in [1.82, 2.24) is 0 Å². The molecule has 3 aromatic rings. The van der Waals surface area contributed by atoms with Crippen molar-refractivity contribution < 1.29 is 13.6 Å². The Morgan fingerprint density at radius 3 is 1.69 bits per heavy atom. The molecule has 134 valence electrons. The van der Waals surface area contributed by atoms with E-state index in [4.69, 9.17) is 32.2 Å². The molecule has 0 radical (unpaired) electrons. The zero-order valence-corrected chi connectivity index (χ0v) is 16.3. The molecule has 3 rings (SSSR count). The molecule has 0 aliphatic rings. The highest BCUT2D eigenvalue weighted by Gasteiger charge is 2.29. The second-order valence-electron chi connectivity index (χ2n) is 5.51. The van der Waals surface area contributed by atoms with E-state index in [-0.39, 0.29) is 0 Å². The monoisotopic (exact) mass is 407 g/mol. The predicted octanol–water partition coefficient (Wildman–Crippen LogP) is 6.98. The minimum absolute atomic E-state index is 0.368. The Hall–Kier alpha value is -2.13. The van der Waals surface area contributed by atoms with Crippen LogP contribution in [0.4, 0.5) is 5.69 Å². The number of para-hydroxylation sites is 1. The number of rotatable bonds is 6. The zero-order chi connectivity index (χ0) is 18.6. The second kappa shape index (κ2) is 8.05. The number of hydrogen-bond acceptors (Lipinski definition) is 3. The maximum atomic E-state index is 13.4. The minimum Gasteiger partial charge on any atom is -0.400 e. The van der Waals surface area contributed by atoms with Crippen LogP contribution in [-0.2, 0) is 4.57 Å². The van der Waals surface area contributed by atoms with Crippen LogP contribution in [0.3, 0.4) is 0 Å². The number of hydrogen-bond donors (Lipinski definition) is 1. The van der Waals surface area contributed by atoms with E-state index < -0.39 is 7.75 Å². The molecule has 0 fully saturated rings. The molecule has 0 aliphatic heterocycles. The van der Waals surface area contributed by atoms with E-state index in [0.717, 1.165) is 5.56 Å². The summed E-state index contributed by atoms with van der Waals surface area (Å²) in [7, 11) is -3.78. The summed E-state index contributed by atoms with van der Waals surface area (Å²) in [5.74, 6) is 0.737. The van der Waals surface area contributed by atoms with E-state index in [2.05, 4.69) is 5.09 Å². The fourth-order valence-electron chi connectivity index (χ4n) is 2.18. The molecule has 0 aliphatic carbocycles. The lowest BCUT2D eigenvalue weighted by molar-refractivity contribution is 0.393. The largest absolute Gasteiger partial charge is 0.541 e. The average Bonchev–Trinajstić information content (AvgIpc) is 2.61. The molecule has 0 bridgehead atoms. The van der Waals surface area contributed by atoms with Crippen molar-refractivity contribution in [2.24, 2.45) is 0 Å². The molecule has 0 amide bonds. The lowest BCUT2D eigenvalue weighted by atomic mass is 10.2. The number of nitrogens with one attached hydrogen (secondary N) is 1. The minimum atomic E-state index is -3.78. The van der Waals surface area contributed by atoms with E-state index in [1.165, 1.54) is 0 Å². The third-order valence-corrected chi connectivity index (χ3v) is 5.40. The van der Waals surface area contributed by atoms with Gasteiger partial charge in [-0.2, -0.15) is 0 Å². The van der Waals surface area contributed by atoms with Crippen molar-refractivity contribution in [3.8, 4) is 11.5 Å². The van der Waals surface area contributed by atoms with E-state index in [0.29, 0.717) is 27.2 Å².